The van der Waals surface area contributed by atoms with E-state index in [9.17, 15) is 9.59 Å². The maximum Gasteiger partial charge on any atom is 0.307 e. The van der Waals surface area contributed by atoms with Crippen LogP contribution in [-0.2, 0) is 14.3 Å². The van der Waals surface area contributed by atoms with E-state index in [-0.39, 0.29) is 24.3 Å². The van der Waals surface area contributed by atoms with Crippen LogP contribution in [-0.4, -0.2) is 19.0 Å². The van der Waals surface area contributed by atoms with Crippen LogP contribution < -0.4 is 5.32 Å². The molecule has 1 N–H and O–H groups in total. The lowest BCUT2D eigenvalue weighted by atomic mass is 10.1. The number of carbonyl (C=O) groups is 2. The quantitative estimate of drug-likeness (QED) is 0.793. The molecule has 1 amide bonds. The predicted molar refractivity (Wildman–Crippen MR) is 57.5 cm³/mol. The Balaban J connectivity index is 2.70. The van der Waals surface area contributed by atoms with Crippen LogP contribution in [0.1, 0.15) is 24.3 Å². The molecule has 82 valence electrons. The first-order valence-corrected chi connectivity index (χ1v) is 5.38. The SMILES string of the molecule is COC(=O)CC(NC(C)=O)c1cccs1. The molecule has 0 fully saturated rings. The lowest BCUT2D eigenvalue weighted by Crippen LogP contribution is -2.27. The van der Waals surface area contributed by atoms with Crippen molar-refractivity contribution in [2.24, 2.45) is 0 Å². The van der Waals surface area contributed by atoms with Crippen LogP contribution in [0.25, 0.3) is 0 Å². The normalized spacial score (nSPS) is 11.9. The largest absolute Gasteiger partial charge is 0.469 e. The van der Waals surface area contributed by atoms with Gasteiger partial charge in [0.1, 0.15) is 0 Å². The van der Waals surface area contributed by atoms with Crippen LogP contribution in [0.3, 0.4) is 0 Å². The zero-order valence-corrected chi connectivity index (χ0v) is 9.47. The second kappa shape index (κ2) is 5.50. The monoisotopic (exact) mass is 227 g/mol. The molecule has 0 aromatic carbocycles. The van der Waals surface area contributed by atoms with Gasteiger partial charge in [-0.3, -0.25) is 9.59 Å². The first-order chi connectivity index (χ1) is 7.13. The van der Waals surface area contributed by atoms with Gasteiger partial charge in [-0.1, -0.05) is 6.07 Å². The summed E-state index contributed by atoms with van der Waals surface area (Å²) in [6.07, 6.45) is 0.163. The van der Waals surface area contributed by atoms with Gasteiger partial charge in [-0.25, -0.2) is 0 Å². The number of thiophene rings is 1. The molecule has 1 unspecified atom stereocenters. The number of methoxy groups -OCH3 is 1. The minimum atomic E-state index is -0.331. The summed E-state index contributed by atoms with van der Waals surface area (Å²) in [7, 11) is 1.33. The van der Waals surface area contributed by atoms with Crippen molar-refractivity contribution in [3.63, 3.8) is 0 Å². The third-order valence-corrected chi connectivity index (χ3v) is 2.85. The fourth-order valence-corrected chi connectivity index (χ4v) is 1.99. The number of hydrogen-bond donors (Lipinski definition) is 1. The van der Waals surface area contributed by atoms with E-state index in [4.69, 9.17) is 0 Å². The van der Waals surface area contributed by atoms with Crippen molar-refractivity contribution in [2.75, 3.05) is 7.11 Å². The van der Waals surface area contributed by atoms with Gasteiger partial charge in [0.25, 0.3) is 0 Å². The summed E-state index contributed by atoms with van der Waals surface area (Å²) >= 11 is 1.50. The van der Waals surface area contributed by atoms with Crippen molar-refractivity contribution in [3.8, 4) is 0 Å². The maximum atomic E-state index is 11.1. The van der Waals surface area contributed by atoms with Crippen LogP contribution in [0.5, 0.6) is 0 Å². The molecule has 1 aromatic heterocycles. The average Bonchev–Trinajstić information content (AvgIpc) is 2.68. The number of rotatable bonds is 4. The van der Waals surface area contributed by atoms with E-state index < -0.39 is 0 Å². The summed E-state index contributed by atoms with van der Waals surface area (Å²) in [5.41, 5.74) is 0. The number of amides is 1. The summed E-state index contributed by atoms with van der Waals surface area (Å²) in [5, 5.41) is 4.62. The van der Waals surface area contributed by atoms with Crippen molar-refractivity contribution in [2.45, 2.75) is 19.4 Å². The van der Waals surface area contributed by atoms with Gasteiger partial charge in [-0.05, 0) is 11.4 Å². The van der Waals surface area contributed by atoms with E-state index in [1.54, 1.807) is 0 Å². The van der Waals surface area contributed by atoms with Gasteiger partial charge in [-0.15, -0.1) is 11.3 Å². The first kappa shape index (κ1) is 11.7. The molecule has 0 aliphatic carbocycles. The second-order valence-corrected chi connectivity index (χ2v) is 4.03. The summed E-state index contributed by atoms with van der Waals surface area (Å²) in [5.74, 6) is -0.487. The summed E-state index contributed by atoms with van der Waals surface area (Å²) in [6, 6.07) is 3.48. The average molecular weight is 227 g/mol. The highest BCUT2D eigenvalue weighted by atomic mass is 32.1. The highest BCUT2D eigenvalue weighted by Crippen LogP contribution is 2.22. The van der Waals surface area contributed by atoms with Crippen molar-refractivity contribution in [3.05, 3.63) is 22.4 Å². The van der Waals surface area contributed by atoms with Crippen LogP contribution in [0, 0.1) is 0 Å². The molecule has 0 aliphatic heterocycles. The van der Waals surface area contributed by atoms with Gasteiger partial charge in [0, 0.05) is 11.8 Å². The zero-order valence-electron chi connectivity index (χ0n) is 8.65. The van der Waals surface area contributed by atoms with Crippen molar-refractivity contribution in [1.82, 2.24) is 5.32 Å². The Morgan fingerprint density at radius 2 is 2.33 bits per heavy atom. The number of carbonyl (C=O) groups excluding carboxylic acids is 2. The Kier molecular flexibility index (Phi) is 4.30. The third-order valence-electron chi connectivity index (χ3n) is 1.86. The summed E-state index contributed by atoms with van der Waals surface area (Å²) < 4.78 is 4.57. The van der Waals surface area contributed by atoms with E-state index in [0.717, 1.165) is 4.88 Å². The Bertz CT molecular complexity index is 334. The predicted octanol–water partition coefficient (Wildman–Crippen LogP) is 1.49. The molecule has 0 aliphatic rings. The number of esters is 1. The summed E-state index contributed by atoms with van der Waals surface area (Å²) in [4.78, 5) is 23.0. The minimum Gasteiger partial charge on any atom is -0.469 e. The fraction of sp³-hybridized carbons (Fsp3) is 0.400. The van der Waals surface area contributed by atoms with Crippen molar-refractivity contribution >= 4 is 23.2 Å². The minimum absolute atomic E-state index is 0.155. The van der Waals surface area contributed by atoms with Crippen LogP contribution in [0.15, 0.2) is 17.5 Å². The third kappa shape index (κ3) is 3.71. The molecule has 1 heterocycles. The zero-order chi connectivity index (χ0) is 11.3. The smallest absolute Gasteiger partial charge is 0.307 e. The molecule has 15 heavy (non-hydrogen) atoms. The van der Waals surface area contributed by atoms with E-state index in [0.29, 0.717) is 0 Å². The van der Waals surface area contributed by atoms with Crippen LogP contribution >= 0.6 is 11.3 Å². The molecule has 4 nitrogen and oxygen atoms in total. The van der Waals surface area contributed by atoms with Gasteiger partial charge >= 0.3 is 5.97 Å². The molecule has 0 spiro atoms. The Morgan fingerprint density at radius 1 is 1.60 bits per heavy atom. The van der Waals surface area contributed by atoms with E-state index >= 15 is 0 Å². The first-order valence-electron chi connectivity index (χ1n) is 4.50. The van der Waals surface area contributed by atoms with Crippen LogP contribution in [0.4, 0.5) is 0 Å². The van der Waals surface area contributed by atoms with E-state index in [1.165, 1.54) is 25.4 Å². The van der Waals surface area contributed by atoms with E-state index in [2.05, 4.69) is 10.1 Å². The summed E-state index contributed by atoms with van der Waals surface area (Å²) in [6.45, 7) is 1.43. The molecule has 0 radical (unpaired) electrons. The molecule has 1 atom stereocenters. The van der Waals surface area contributed by atoms with Gasteiger partial charge < -0.3 is 10.1 Å². The molecular weight excluding hydrogens is 214 g/mol. The molecule has 1 rings (SSSR count). The highest BCUT2D eigenvalue weighted by Gasteiger charge is 2.17. The van der Waals surface area contributed by atoms with E-state index in [1.807, 2.05) is 17.5 Å². The number of ether oxygens (including phenoxy) is 1. The Morgan fingerprint density at radius 3 is 2.80 bits per heavy atom. The fourth-order valence-electron chi connectivity index (χ4n) is 1.21. The molecule has 0 bridgehead atoms. The molecule has 5 heteroatoms. The van der Waals surface area contributed by atoms with Gasteiger partial charge in [0.05, 0.1) is 19.6 Å². The van der Waals surface area contributed by atoms with Crippen molar-refractivity contribution in [1.29, 1.82) is 0 Å². The van der Waals surface area contributed by atoms with Gasteiger partial charge in [-0.2, -0.15) is 0 Å². The Labute approximate surface area is 92.2 Å². The topological polar surface area (TPSA) is 55.4 Å². The number of nitrogens with one attached hydrogen (secondary N) is 1. The molecular formula is C10H13NO3S. The highest BCUT2D eigenvalue weighted by molar-refractivity contribution is 7.10. The van der Waals surface area contributed by atoms with Gasteiger partial charge in [0.2, 0.25) is 5.91 Å². The van der Waals surface area contributed by atoms with Crippen LogP contribution in [0.2, 0.25) is 0 Å². The Hall–Kier alpha value is -1.36. The van der Waals surface area contributed by atoms with Gasteiger partial charge in [0.15, 0.2) is 0 Å². The van der Waals surface area contributed by atoms with Crippen molar-refractivity contribution < 1.29 is 14.3 Å². The maximum absolute atomic E-state index is 11.1. The molecule has 1 aromatic rings. The molecule has 0 saturated carbocycles. The number of hydrogen-bond acceptors (Lipinski definition) is 4. The lowest BCUT2D eigenvalue weighted by Gasteiger charge is -2.14. The standard InChI is InChI=1S/C10H13NO3S/c1-7(12)11-8(6-10(13)14-2)9-4-3-5-15-9/h3-5,8H,6H2,1-2H3,(H,11,12). The second-order valence-electron chi connectivity index (χ2n) is 3.05. The molecule has 0 saturated heterocycles. The lowest BCUT2D eigenvalue weighted by molar-refractivity contribution is -0.141.